The van der Waals surface area contributed by atoms with Crippen LogP contribution in [0.5, 0.6) is 0 Å². The van der Waals surface area contributed by atoms with Gasteiger partial charge in [-0.3, -0.25) is 9.63 Å². The van der Waals surface area contributed by atoms with Gasteiger partial charge in [-0.2, -0.15) is 5.06 Å². The molecule has 2 N–H and O–H groups in total. The summed E-state index contributed by atoms with van der Waals surface area (Å²) < 4.78 is 0. The summed E-state index contributed by atoms with van der Waals surface area (Å²) in [6.45, 7) is 3.12. The van der Waals surface area contributed by atoms with E-state index in [9.17, 15) is 4.79 Å². The summed E-state index contributed by atoms with van der Waals surface area (Å²) in [5.41, 5.74) is 7.54. The van der Waals surface area contributed by atoms with E-state index >= 15 is 0 Å². The molecule has 4 heteroatoms. The Kier molecular flexibility index (Phi) is 3.22. The van der Waals surface area contributed by atoms with Gasteiger partial charge in [-0.05, 0) is 30.2 Å². The van der Waals surface area contributed by atoms with E-state index in [2.05, 4.69) is 6.92 Å². The van der Waals surface area contributed by atoms with Crippen LogP contribution in [0.4, 0.5) is 5.69 Å². The average Bonchev–Trinajstić information content (AvgIpc) is 2.74. The van der Waals surface area contributed by atoms with E-state index in [4.69, 9.17) is 10.6 Å². The molecule has 16 heavy (non-hydrogen) atoms. The molecular formula is C12H16N2O2. The van der Waals surface area contributed by atoms with Gasteiger partial charge in [0.15, 0.2) is 0 Å². The highest BCUT2D eigenvalue weighted by atomic mass is 16.7. The number of benzene rings is 1. The highest BCUT2D eigenvalue weighted by Crippen LogP contribution is 2.24. The van der Waals surface area contributed by atoms with Crippen LogP contribution in [-0.2, 0) is 9.63 Å². The fraction of sp³-hybridized carbons (Fsp3) is 0.417. The lowest BCUT2D eigenvalue weighted by Crippen LogP contribution is -2.22. The average molecular weight is 220 g/mol. The standard InChI is InChI=1S/C12H16N2O2/c1-9(8-13)10-3-2-4-11(7-10)14-12(15)5-6-16-14/h2-4,7,9H,5-6,8,13H2,1H3. The summed E-state index contributed by atoms with van der Waals surface area (Å²) >= 11 is 0. The molecular weight excluding hydrogens is 204 g/mol. The van der Waals surface area contributed by atoms with E-state index in [0.29, 0.717) is 19.6 Å². The number of nitrogens with zero attached hydrogens (tertiary/aromatic N) is 1. The summed E-state index contributed by atoms with van der Waals surface area (Å²) in [6.07, 6.45) is 0.455. The maximum atomic E-state index is 11.5. The highest BCUT2D eigenvalue weighted by molar-refractivity contribution is 5.92. The van der Waals surface area contributed by atoms with E-state index in [-0.39, 0.29) is 11.8 Å². The van der Waals surface area contributed by atoms with Crippen molar-refractivity contribution >= 4 is 11.6 Å². The van der Waals surface area contributed by atoms with E-state index < -0.39 is 0 Å². The zero-order valence-corrected chi connectivity index (χ0v) is 9.35. The minimum atomic E-state index is 0.0116. The van der Waals surface area contributed by atoms with Crippen LogP contribution in [-0.4, -0.2) is 19.1 Å². The molecule has 1 amide bonds. The summed E-state index contributed by atoms with van der Waals surface area (Å²) in [7, 11) is 0. The van der Waals surface area contributed by atoms with Crippen LogP contribution in [0.15, 0.2) is 24.3 Å². The first-order chi connectivity index (χ1) is 7.72. The summed E-state index contributed by atoms with van der Waals surface area (Å²) in [6, 6.07) is 7.77. The Morgan fingerprint density at radius 3 is 3.00 bits per heavy atom. The second-order valence-corrected chi connectivity index (χ2v) is 4.00. The van der Waals surface area contributed by atoms with Crippen molar-refractivity contribution in [2.45, 2.75) is 19.3 Å². The predicted molar refractivity (Wildman–Crippen MR) is 62.0 cm³/mol. The molecule has 1 fully saturated rings. The van der Waals surface area contributed by atoms with Gasteiger partial charge in [0.25, 0.3) is 5.91 Å². The molecule has 0 spiro atoms. The Morgan fingerprint density at radius 2 is 2.38 bits per heavy atom. The molecule has 1 atom stereocenters. The van der Waals surface area contributed by atoms with Gasteiger partial charge in [-0.1, -0.05) is 19.1 Å². The van der Waals surface area contributed by atoms with E-state index in [1.54, 1.807) is 0 Å². The van der Waals surface area contributed by atoms with Crippen LogP contribution in [0.1, 0.15) is 24.8 Å². The topological polar surface area (TPSA) is 55.6 Å². The SMILES string of the molecule is CC(CN)c1cccc(N2OCCC2=O)c1. The zero-order chi connectivity index (χ0) is 11.5. The van der Waals surface area contributed by atoms with Crippen molar-refractivity contribution in [1.29, 1.82) is 0 Å². The number of hydrogen-bond acceptors (Lipinski definition) is 3. The molecule has 1 aliphatic rings. The fourth-order valence-corrected chi connectivity index (χ4v) is 1.71. The molecule has 0 aliphatic carbocycles. The molecule has 4 nitrogen and oxygen atoms in total. The van der Waals surface area contributed by atoms with Crippen molar-refractivity contribution in [3.05, 3.63) is 29.8 Å². The van der Waals surface area contributed by atoms with Crippen molar-refractivity contribution < 1.29 is 9.63 Å². The molecule has 1 saturated heterocycles. The Morgan fingerprint density at radius 1 is 1.56 bits per heavy atom. The van der Waals surface area contributed by atoms with Crippen LogP contribution in [0.3, 0.4) is 0 Å². The molecule has 1 aliphatic heterocycles. The van der Waals surface area contributed by atoms with Crippen LogP contribution < -0.4 is 10.8 Å². The lowest BCUT2D eigenvalue weighted by molar-refractivity contribution is -0.119. The molecule has 0 bridgehead atoms. The Bertz CT molecular complexity index is 392. The Labute approximate surface area is 94.9 Å². The number of amides is 1. The molecule has 0 saturated carbocycles. The number of hydrogen-bond donors (Lipinski definition) is 1. The smallest absolute Gasteiger partial charge is 0.253 e. The molecule has 1 unspecified atom stereocenters. The maximum Gasteiger partial charge on any atom is 0.253 e. The normalized spacial score (nSPS) is 17.9. The van der Waals surface area contributed by atoms with Gasteiger partial charge in [-0.25, -0.2) is 0 Å². The van der Waals surface area contributed by atoms with Gasteiger partial charge in [0.2, 0.25) is 0 Å². The van der Waals surface area contributed by atoms with Crippen LogP contribution in [0, 0.1) is 0 Å². The van der Waals surface area contributed by atoms with Gasteiger partial charge < -0.3 is 5.73 Å². The van der Waals surface area contributed by atoms with E-state index in [1.165, 1.54) is 5.06 Å². The van der Waals surface area contributed by atoms with Crippen LogP contribution >= 0.6 is 0 Å². The molecule has 1 aromatic carbocycles. The number of anilines is 1. The Hall–Kier alpha value is -1.39. The second-order valence-electron chi connectivity index (χ2n) is 4.00. The first-order valence-electron chi connectivity index (χ1n) is 5.48. The number of nitrogens with two attached hydrogens (primary N) is 1. The van der Waals surface area contributed by atoms with Gasteiger partial charge in [0.1, 0.15) is 0 Å². The zero-order valence-electron chi connectivity index (χ0n) is 9.35. The first kappa shape index (κ1) is 11.1. The third-order valence-electron chi connectivity index (χ3n) is 2.79. The van der Waals surface area contributed by atoms with Crippen molar-refractivity contribution in [2.75, 3.05) is 18.2 Å². The monoisotopic (exact) mass is 220 g/mol. The summed E-state index contributed by atoms with van der Waals surface area (Å²) in [5.74, 6) is 0.301. The summed E-state index contributed by atoms with van der Waals surface area (Å²) in [5, 5.41) is 1.37. The quantitative estimate of drug-likeness (QED) is 0.838. The van der Waals surface area contributed by atoms with Crippen molar-refractivity contribution in [2.24, 2.45) is 5.73 Å². The summed E-state index contributed by atoms with van der Waals surface area (Å²) in [4.78, 5) is 16.8. The van der Waals surface area contributed by atoms with Crippen molar-refractivity contribution in [3.8, 4) is 0 Å². The second kappa shape index (κ2) is 4.63. The molecule has 1 aromatic rings. The minimum absolute atomic E-state index is 0.0116. The van der Waals surface area contributed by atoms with Gasteiger partial charge in [0, 0.05) is 0 Å². The fourth-order valence-electron chi connectivity index (χ4n) is 1.71. The molecule has 1 heterocycles. The molecule has 86 valence electrons. The Balaban J connectivity index is 2.25. The van der Waals surface area contributed by atoms with Crippen LogP contribution in [0.25, 0.3) is 0 Å². The lowest BCUT2D eigenvalue weighted by atomic mass is 10.0. The number of carbonyl (C=O) groups is 1. The molecule has 0 radical (unpaired) electrons. The van der Waals surface area contributed by atoms with Crippen LogP contribution in [0.2, 0.25) is 0 Å². The predicted octanol–water partition coefficient (Wildman–Crippen LogP) is 1.42. The van der Waals surface area contributed by atoms with Crippen molar-refractivity contribution in [1.82, 2.24) is 0 Å². The maximum absolute atomic E-state index is 11.5. The van der Waals surface area contributed by atoms with Gasteiger partial charge in [0.05, 0.1) is 18.7 Å². The van der Waals surface area contributed by atoms with Gasteiger partial charge >= 0.3 is 0 Å². The third kappa shape index (κ3) is 2.08. The first-order valence-corrected chi connectivity index (χ1v) is 5.48. The number of carbonyl (C=O) groups excluding carboxylic acids is 1. The number of hydroxylamine groups is 1. The third-order valence-corrected chi connectivity index (χ3v) is 2.79. The van der Waals surface area contributed by atoms with E-state index in [1.807, 2.05) is 24.3 Å². The molecule has 2 rings (SSSR count). The minimum Gasteiger partial charge on any atom is -0.330 e. The highest BCUT2D eigenvalue weighted by Gasteiger charge is 2.23. The number of rotatable bonds is 3. The van der Waals surface area contributed by atoms with Crippen molar-refractivity contribution in [3.63, 3.8) is 0 Å². The largest absolute Gasteiger partial charge is 0.330 e. The lowest BCUT2D eigenvalue weighted by Gasteiger charge is -2.16. The van der Waals surface area contributed by atoms with Gasteiger partial charge in [-0.15, -0.1) is 0 Å². The van der Waals surface area contributed by atoms with E-state index in [0.717, 1.165) is 11.3 Å². The molecule has 0 aromatic heterocycles.